The smallest absolute Gasteiger partial charge is 0.276 e. The molecule has 2 aromatic rings. The third kappa shape index (κ3) is 3.19. The van der Waals surface area contributed by atoms with E-state index < -0.39 is 0 Å². The van der Waals surface area contributed by atoms with Gasteiger partial charge < -0.3 is 10.2 Å². The van der Waals surface area contributed by atoms with Gasteiger partial charge in [0.2, 0.25) is 0 Å². The number of hydrogen-bond donors (Lipinski definition) is 1. The number of nitrogens with zero attached hydrogens (tertiary/aromatic N) is 4. The zero-order valence-electron chi connectivity index (χ0n) is 14.6. The van der Waals surface area contributed by atoms with Gasteiger partial charge in [-0.15, -0.1) is 5.10 Å². The Morgan fingerprint density at radius 2 is 2.08 bits per heavy atom. The Morgan fingerprint density at radius 1 is 1.33 bits per heavy atom. The maximum absolute atomic E-state index is 13.0. The second-order valence-electron chi connectivity index (χ2n) is 6.42. The highest BCUT2D eigenvalue weighted by atomic mass is 16.2. The Kier molecular flexibility index (Phi) is 4.94. The van der Waals surface area contributed by atoms with E-state index >= 15 is 0 Å². The summed E-state index contributed by atoms with van der Waals surface area (Å²) >= 11 is 0. The Hall–Kier alpha value is -2.21. The molecule has 128 valence electrons. The lowest BCUT2D eigenvalue weighted by atomic mass is 10.1. The second kappa shape index (κ2) is 7.13. The molecule has 3 rings (SSSR count). The molecule has 2 heterocycles. The number of carbonyl (C=O) groups is 1. The van der Waals surface area contributed by atoms with Crippen molar-refractivity contribution in [2.45, 2.75) is 39.7 Å². The van der Waals surface area contributed by atoms with Crippen molar-refractivity contribution < 1.29 is 4.79 Å². The van der Waals surface area contributed by atoms with Crippen LogP contribution < -0.4 is 5.32 Å². The van der Waals surface area contributed by atoms with E-state index in [0.29, 0.717) is 5.69 Å². The quantitative estimate of drug-likeness (QED) is 0.913. The number of aromatic nitrogens is 3. The van der Waals surface area contributed by atoms with Gasteiger partial charge in [0.25, 0.3) is 5.91 Å². The van der Waals surface area contributed by atoms with Crippen LogP contribution in [0.4, 0.5) is 0 Å². The maximum Gasteiger partial charge on any atom is 0.276 e. The average Bonchev–Trinajstić information content (AvgIpc) is 3.23. The molecule has 1 atom stereocenters. The summed E-state index contributed by atoms with van der Waals surface area (Å²) in [6.45, 7) is 8.63. The van der Waals surface area contributed by atoms with Crippen LogP contribution in [0.2, 0.25) is 0 Å². The topological polar surface area (TPSA) is 63.1 Å². The number of nitrogens with one attached hydrogen (secondary N) is 1. The van der Waals surface area contributed by atoms with E-state index in [-0.39, 0.29) is 11.9 Å². The van der Waals surface area contributed by atoms with Crippen LogP contribution in [0.25, 0.3) is 5.69 Å². The molecule has 1 aliphatic heterocycles. The first-order valence-electron chi connectivity index (χ1n) is 8.63. The molecule has 1 N–H and O–H groups in total. The Morgan fingerprint density at radius 3 is 2.71 bits per heavy atom. The normalized spacial score (nSPS) is 17.2. The average molecular weight is 327 g/mol. The van der Waals surface area contributed by atoms with Crippen molar-refractivity contribution >= 4 is 5.91 Å². The summed E-state index contributed by atoms with van der Waals surface area (Å²) < 4.78 is 1.74. The van der Waals surface area contributed by atoms with Crippen LogP contribution in [0, 0.1) is 13.8 Å². The van der Waals surface area contributed by atoms with E-state index in [1.165, 1.54) is 5.56 Å². The summed E-state index contributed by atoms with van der Waals surface area (Å²) in [4.78, 5) is 15.0. The molecule has 1 aromatic carbocycles. The molecule has 1 fully saturated rings. The molecule has 0 radical (unpaired) electrons. The van der Waals surface area contributed by atoms with Crippen LogP contribution in [-0.2, 0) is 0 Å². The summed E-state index contributed by atoms with van der Waals surface area (Å²) in [5, 5.41) is 11.7. The summed E-state index contributed by atoms with van der Waals surface area (Å²) in [7, 11) is 0. The lowest BCUT2D eigenvalue weighted by Gasteiger charge is -2.27. The van der Waals surface area contributed by atoms with Gasteiger partial charge in [-0.25, -0.2) is 4.68 Å². The highest BCUT2D eigenvalue weighted by molar-refractivity contribution is 5.93. The highest BCUT2D eigenvalue weighted by Gasteiger charge is 2.29. The van der Waals surface area contributed by atoms with Crippen molar-refractivity contribution in [1.82, 2.24) is 25.2 Å². The van der Waals surface area contributed by atoms with Gasteiger partial charge in [-0.3, -0.25) is 4.79 Å². The molecule has 1 unspecified atom stereocenters. The third-order valence-electron chi connectivity index (χ3n) is 4.58. The number of aryl methyl sites for hydroxylation is 1. The van der Waals surface area contributed by atoms with Gasteiger partial charge in [0, 0.05) is 19.1 Å². The van der Waals surface area contributed by atoms with Gasteiger partial charge in [-0.2, -0.15) is 0 Å². The molecule has 0 spiro atoms. The van der Waals surface area contributed by atoms with Gasteiger partial charge in [-0.05, 0) is 45.4 Å². The van der Waals surface area contributed by atoms with E-state index in [4.69, 9.17) is 0 Å². The summed E-state index contributed by atoms with van der Waals surface area (Å²) in [6.07, 6.45) is 1.93. The van der Waals surface area contributed by atoms with Crippen LogP contribution in [0.1, 0.15) is 41.5 Å². The van der Waals surface area contributed by atoms with Gasteiger partial charge in [0.15, 0.2) is 5.69 Å². The fourth-order valence-electron chi connectivity index (χ4n) is 3.19. The zero-order chi connectivity index (χ0) is 17.1. The number of amides is 1. The van der Waals surface area contributed by atoms with Gasteiger partial charge in [-0.1, -0.05) is 29.8 Å². The summed E-state index contributed by atoms with van der Waals surface area (Å²) in [6, 6.07) is 8.31. The predicted octanol–water partition coefficient (Wildman–Crippen LogP) is 2.10. The van der Waals surface area contributed by atoms with Crippen LogP contribution >= 0.6 is 0 Å². The first-order valence-corrected chi connectivity index (χ1v) is 8.63. The Bertz CT molecular complexity index is 701. The molecule has 1 aliphatic rings. The third-order valence-corrected chi connectivity index (χ3v) is 4.58. The van der Waals surface area contributed by atoms with Crippen LogP contribution in [0.3, 0.4) is 0 Å². The predicted molar refractivity (Wildman–Crippen MR) is 93.4 cm³/mol. The molecule has 6 nitrogen and oxygen atoms in total. The van der Waals surface area contributed by atoms with Crippen molar-refractivity contribution in [3.8, 4) is 5.69 Å². The van der Waals surface area contributed by atoms with E-state index in [9.17, 15) is 4.79 Å². The lowest BCUT2D eigenvalue weighted by Crippen LogP contribution is -2.42. The van der Waals surface area contributed by atoms with Crippen molar-refractivity contribution in [3.63, 3.8) is 0 Å². The minimum atomic E-state index is -0.0126. The van der Waals surface area contributed by atoms with Crippen LogP contribution in [0.5, 0.6) is 0 Å². The highest BCUT2D eigenvalue weighted by Crippen LogP contribution is 2.18. The molecular weight excluding hydrogens is 302 g/mol. The van der Waals surface area contributed by atoms with Gasteiger partial charge in [0.05, 0.1) is 11.4 Å². The molecular formula is C18H25N5O. The number of rotatable bonds is 5. The first kappa shape index (κ1) is 16.6. The fraction of sp³-hybridized carbons (Fsp3) is 0.500. The lowest BCUT2D eigenvalue weighted by molar-refractivity contribution is 0.0685. The van der Waals surface area contributed by atoms with Crippen molar-refractivity contribution in [2.75, 3.05) is 19.6 Å². The summed E-state index contributed by atoms with van der Waals surface area (Å²) in [5.41, 5.74) is 3.36. The van der Waals surface area contributed by atoms with E-state index in [0.717, 1.165) is 43.9 Å². The molecule has 0 saturated carbocycles. The zero-order valence-corrected chi connectivity index (χ0v) is 14.6. The minimum Gasteiger partial charge on any atom is -0.333 e. The molecule has 6 heteroatoms. The van der Waals surface area contributed by atoms with Gasteiger partial charge in [0.1, 0.15) is 0 Å². The largest absolute Gasteiger partial charge is 0.333 e. The number of carbonyl (C=O) groups excluding carboxylic acids is 1. The van der Waals surface area contributed by atoms with E-state index in [1.807, 2.05) is 43.0 Å². The number of hydrogen-bond acceptors (Lipinski definition) is 4. The standard InChI is InChI=1S/C18H25N5O/c1-4-11-22(16-9-10-19-12-16)18(24)17-14(3)23(21-20-17)15-7-5-13(2)6-8-15/h5-8,16,19H,4,9-12H2,1-3H3. The second-order valence-corrected chi connectivity index (χ2v) is 6.42. The molecule has 1 amide bonds. The SMILES string of the molecule is CCCN(C(=O)c1nnn(-c2ccc(C)cc2)c1C)C1CCNC1. The van der Waals surface area contributed by atoms with E-state index in [2.05, 4.69) is 22.6 Å². The molecule has 1 aromatic heterocycles. The maximum atomic E-state index is 13.0. The Labute approximate surface area is 142 Å². The minimum absolute atomic E-state index is 0.0126. The summed E-state index contributed by atoms with van der Waals surface area (Å²) in [5.74, 6) is -0.0126. The molecule has 0 aliphatic carbocycles. The molecule has 1 saturated heterocycles. The van der Waals surface area contributed by atoms with Gasteiger partial charge >= 0.3 is 0 Å². The van der Waals surface area contributed by atoms with Crippen LogP contribution in [0.15, 0.2) is 24.3 Å². The molecule has 0 bridgehead atoms. The molecule has 24 heavy (non-hydrogen) atoms. The van der Waals surface area contributed by atoms with Crippen LogP contribution in [-0.4, -0.2) is 51.5 Å². The van der Waals surface area contributed by atoms with E-state index in [1.54, 1.807) is 4.68 Å². The van der Waals surface area contributed by atoms with Crippen molar-refractivity contribution in [3.05, 3.63) is 41.2 Å². The number of benzene rings is 1. The van der Waals surface area contributed by atoms with Crippen molar-refractivity contribution in [2.24, 2.45) is 0 Å². The van der Waals surface area contributed by atoms with Crippen molar-refractivity contribution in [1.29, 1.82) is 0 Å². The fourth-order valence-corrected chi connectivity index (χ4v) is 3.19. The monoisotopic (exact) mass is 327 g/mol. The first-order chi connectivity index (χ1) is 11.6. The Balaban J connectivity index is 1.88.